The zero-order chi connectivity index (χ0) is 17.5. The summed E-state index contributed by atoms with van der Waals surface area (Å²) in [5.41, 5.74) is 1.72. The Hall–Kier alpha value is -3.21. The highest BCUT2D eigenvalue weighted by molar-refractivity contribution is 5.91. The average molecular weight is 333 g/mol. The van der Waals surface area contributed by atoms with Crippen molar-refractivity contribution < 1.29 is 9.59 Å². The number of benzene rings is 2. The number of hydrogen-bond donors (Lipinski definition) is 2. The number of carbonyl (C=O) groups is 2. The van der Waals surface area contributed by atoms with Crippen molar-refractivity contribution in [2.24, 2.45) is 0 Å². The Morgan fingerprint density at radius 1 is 0.840 bits per heavy atom. The molecule has 126 valence electrons. The molecule has 2 amide bonds. The smallest absolute Gasteiger partial charge is 0.239 e. The molecule has 0 atom stereocenters. The van der Waals surface area contributed by atoms with Crippen molar-refractivity contribution in [3.8, 4) is 0 Å². The highest BCUT2D eigenvalue weighted by Gasteiger charge is 2.08. The van der Waals surface area contributed by atoms with Crippen LogP contribution < -0.4 is 10.6 Å². The topological polar surface area (TPSA) is 71.1 Å². The van der Waals surface area contributed by atoms with Crippen LogP contribution in [0.25, 0.3) is 10.8 Å². The summed E-state index contributed by atoms with van der Waals surface area (Å²) in [7, 11) is 0. The molecule has 0 spiro atoms. The lowest BCUT2D eigenvalue weighted by Crippen LogP contribution is -2.37. The Morgan fingerprint density at radius 2 is 1.64 bits per heavy atom. The molecule has 3 rings (SSSR count). The first-order chi connectivity index (χ1) is 12.2. The fourth-order valence-electron chi connectivity index (χ4n) is 2.62. The number of carbonyl (C=O) groups excluding carboxylic acids is 2. The molecule has 25 heavy (non-hydrogen) atoms. The van der Waals surface area contributed by atoms with E-state index in [0.717, 1.165) is 22.0 Å². The lowest BCUT2D eigenvalue weighted by Gasteiger charge is -2.08. The number of amides is 2. The molecule has 0 fully saturated rings. The van der Waals surface area contributed by atoms with Gasteiger partial charge in [0.25, 0.3) is 0 Å². The third-order valence-electron chi connectivity index (χ3n) is 3.87. The summed E-state index contributed by atoms with van der Waals surface area (Å²) in [6.45, 7) is 0.301. The molecule has 1 heterocycles. The van der Waals surface area contributed by atoms with Crippen LogP contribution in [0.5, 0.6) is 0 Å². The molecule has 0 saturated carbocycles. The van der Waals surface area contributed by atoms with Crippen molar-refractivity contribution in [2.75, 3.05) is 6.54 Å². The van der Waals surface area contributed by atoms with Crippen LogP contribution in [0, 0.1) is 0 Å². The van der Waals surface area contributed by atoms with Crippen molar-refractivity contribution in [3.05, 3.63) is 78.1 Å². The number of fused-ring (bicyclic) bond motifs is 1. The van der Waals surface area contributed by atoms with Gasteiger partial charge < -0.3 is 10.6 Å². The number of rotatable bonds is 6. The molecule has 2 aromatic carbocycles. The summed E-state index contributed by atoms with van der Waals surface area (Å²) in [6.07, 6.45) is 1.92. The Morgan fingerprint density at radius 3 is 2.48 bits per heavy atom. The number of hydrogen-bond acceptors (Lipinski definition) is 3. The van der Waals surface area contributed by atoms with Gasteiger partial charge in [0.05, 0.1) is 25.2 Å². The van der Waals surface area contributed by atoms with Gasteiger partial charge in [-0.25, -0.2) is 0 Å². The maximum Gasteiger partial charge on any atom is 0.239 e. The highest BCUT2D eigenvalue weighted by atomic mass is 16.2. The molecule has 0 bridgehead atoms. The fourth-order valence-corrected chi connectivity index (χ4v) is 2.62. The summed E-state index contributed by atoms with van der Waals surface area (Å²) < 4.78 is 0. The van der Waals surface area contributed by atoms with Crippen molar-refractivity contribution in [1.29, 1.82) is 0 Å². The summed E-state index contributed by atoms with van der Waals surface area (Å²) in [6, 6.07) is 19.3. The van der Waals surface area contributed by atoms with Crippen LogP contribution in [0.4, 0.5) is 0 Å². The Balaban J connectivity index is 1.50. The van der Waals surface area contributed by atoms with Gasteiger partial charge in [-0.05, 0) is 28.5 Å². The molecule has 0 radical (unpaired) electrons. The van der Waals surface area contributed by atoms with Crippen LogP contribution in [-0.2, 0) is 22.6 Å². The molecule has 5 heteroatoms. The third kappa shape index (κ3) is 4.64. The largest absolute Gasteiger partial charge is 0.349 e. The van der Waals surface area contributed by atoms with Crippen molar-refractivity contribution in [1.82, 2.24) is 15.6 Å². The van der Waals surface area contributed by atoms with E-state index in [0.29, 0.717) is 6.54 Å². The molecular weight excluding hydrogens is 314 g/mol. The van der Waals surface area contributed by atoms with Crippen molar-refractivity contribution >= 4 is 22.6 Å². The molecular formula is C20H19N3O2. The number of nitrogens with one attached hydrogen (secondary N) is 2. The van der Waals surface area contributed by atoms with E-state index in [1.165, 1.54) is 0 Å². The van der Waals surface area contributed by atoms with Crippen LogP contribution in [0.15, 0.2) is 66.9 Å². The van der Waals surface area contributed by atoms with Gasteiger partial charge in [-0.1, -0.05) is 48.5 Å². The van der Waals surface area contributed by atoms with E-state index in [1.807, 2.05) is 60.7 Å². The maximum absolute atomic E-state index is 12.1. The second kappa shape index (κ2) is 8.06. The van der Waals surface area contributed by atoms with E-state index < -0.39 is 0 Å². The Bertz CT molecular complexity index is 873. The van der Waals surface area contributed by atoms with E-state index in [2.05, 4.69) is 15.6 Å². The molecule has 0 aliphatic carbocycles. The fraction of sp³-hybridized carbons (Fsp3) is 0.150. The zero-order valence-corrected chi connectivity index (χ0v) is 13.7. The molecule has 2 N–H and O–H groups in total. The Labute approximate surface area is 146 Å². The standard InChI is InChI=1S/C20H19N3O2/c24-19(12-16-8-5-7-15-6-1-2-10-18(15)16)23-14-20(25)22-13-17-9-3-4-11-21-17/h1-11H,12-14H2,(H,22,25)(H,23,24). The highest BCUT2D eigenvalue weighted by Crippen LogP contribution is 2.18. The first-order valence-corrected chi connectivity index (χ1v) is 8.12. The lowest BCUT2D eigenvalue weighted by molar-refractivity contribution is -0.125. The predicted molar refractivity (Wildman–Crippen MR) is 96.7 cm³/mol. The predicted octanol–water partition coefficient (Wildman–Crippen LogP) is 2.21. The summed E-state index contributed by atoms with van der Waals surface area (Å²) in [4.78, 5) is 28.1. The minimum atomic E-state index is -0.239. The SMILES string of the molecule is O=C(CNC(=O)Cc1cccc2ccccc12)NCc1ccccn1. The van der Waals surface area contributed by atoms with Crippen LogP contribution in [0.2, 0.25) is 0 Å². The van der Waals surface area contributed by atoms with E-state index in [9.17, 15) is 9.59 Å². The second-order valence-corrected chi connectivity index (χ2v) is 5.69. The van der Waals surface area contributed by atoms with Gasteiger partial charge in [0.15, 0.2) is 0 Å². The van der Waals surface area contributed by atoms with Gasteiger partial charge in [0.1, 0.15) is 0 Å². The third-order valence-corrected chi connectivity index (χ3v) is 3.87. The molecule has 0 unspecified atom stereocenters. The molecule has 1 aromatic heterocycles. The first-order valence-electron chi connectivity index (χ1n) is 8.12. The quantitative estimate of drug-likeness (QED) is 0.726. The van der Waals surface area contributed by atoms with E-state index in [4.69, 9.17) is 0 Å². The van der Waals surface area contributed by atoms with Gasteiger partial charge in [0, 0.05) is 6.20 Å². The molecule has 5 nitrogen and oxygen atoms in total. The van der Waals surface area contributed by atoms with E-state index in [-0.39, 0.29) is 24.8 Å². The van der Waals surface area contributed by atoms with Crippen LogP contribution in [0.3, 0.4) is 0 Å². The van der Waals surface area contributed by atoms with Gasteiger partial charge in [-0.2, -0.15) is 0 Å². The molecule has 0 aliphatic heterocycles. The monoisotopic (exact) mass is 333 g/mol. The number of pyridine rings is 1. The van der Waals surface area contributed by atoms with Crippen molar-refractivity contribution in [2.45, 2.75) is 13.0 Å². The first kappa shape index (κ1) is 16.6. The van der Waals surface area contributed by atoms with Crippen LogP contribution in [0.1, 0.15) is 11.3 Å². The average Bonchev–Trinajstić information content (AvgIpc) is 2.66. The van der Waals surface area contributed by atoms with Gasteiger partial charge in [0.2, 0.25) is 11.8 Å². The van der Waals surface area contributed by atoms with Crippen LogP contribution in [-0.4, -0.2) is 23.3 Å². The van der Waals surface area contributed by atoms with Gasteiger partial charge >= 0.3 is 0 Å². The molecule has 3 aromatic rings. The number of aromatic nitrogens is 1. The van der Waals surface area contributed by atoms with Gasteiger partial charge in [-0.15, -0.1) is 0 Å². The minimum Gasteiger partial charge on any atom is -0.349 e. The maximum atomic E-state index is 12.1. The normalized spacial score (nSPS) is 10.4. The minimum absolute atomic E-state index is 0.0452. The zero-order valence-electron chi connectivity index (χ0n) is 13.7. The van der Waals surface area contributed by atoms with Crippen LogP contribution >= 0.6 is 0 Å². The number of nitrogens with zero attached hydrogens (tertiary/aromatic N) is 1. The summed E-state index contributed by atoms with van der Waals surface area (Å²) in [5, 5.41) is 7.55. The van der Waals surface area contributed by atoms with Crippen molar-refractivity contribution in [3.63, 3.8) is 0 Å². The summed E-state index contributed by atoms with van der Waals surface area (Å²) in [5.74, 6) is -0.415. The summed E-state index contributed by atoms with van der Waals surface area (Å²) >= 11 is 0. The molecule has 0 aliphatic rings. The lowest BCUT2D eigenvalue weighted by atomic mass is 10.0. The molecule has 0 saturated heterocycles. The Kier molecular flexibility index (Phi) is 5.36. The van der Waals surface area contributed by atoms with E-state index >= 15 is 0 Å². The van der Waals surface area contributed by atoms with Gasteiger partial charge in [-0.3, -0.25) is 14.6 Å². The second-order valence-electron chi connectivity index (χ2n) is 5.69. The van der Waals surface area contributed by atoms with E-state index in [1.54, 1.807) is 6.20 Å².